The molecule has 0 atom stereocenters. The quantitative estimate of drug-likeness (QED) is 0.588. The number of aromatic nitrogens is 2. The number of nitrogens with one attached hydrogen (secondary N) is 1. The lowest BCUT2D eigenvalue weighted by Crippen LogP contribution is -2.03. The summed E-state index contributed by atoms with van der Waals surface area (Å²) in [6, 6.07) is 0. The Bertz CT molecular complexity index is 320. The summed E-state index contributed by atoms with van der Waals surface area (Å²) < 4.78 is 4.34. The Morgan fingerprint density at radius 1 is 1.60 bits per heavy atom. The van der Waals surface area contributed by atoms with Crippen molar-refractivity contribution in [1.29, 1.82) is 0 Å². The van der Waals surface area contributed by atoms with Gasteiger partial charge in [0.2, 0.25) is 5.13 Å². The molecule has 0 aromatic carbocycles. The van der Waals surface area contributed by atoms with Crippen LogP contribution in [0.3, 0.4) is 0 Å². The smallest absolute Gasteiger partial charge is 0.202 e. The lowest BCUT2D eigenvalue weighted by molar-refractivity contribution is 0.983. The van der Waals surface area contributed by atoms with Gasteiger partial charge in [0.1, 0.15) is 5.82 Å². The molecule has 1 fully saturated rings. The normalized spacial score (nSPS) is 15.2. The third-order valence-corrected chi connectivity index (χ3v) is 3.79. The van der Waals surface area contributed by atoms with Crippen LogP contribution in [0.4, 0.5) is 5.13 Å². The van der Waals surface area contributed by atoms with E-state index < -0.39 is 0 Å². The standard InChI is InChI=1S/C10H15N3S2/c1-2-6-14-7-5-11-10-12-9(13-15-10)8-3-4-8/h2,8H,1,3-7H2,(H,11,12,13). The number of thioether (sulfide) groups is 1. The first-order valence-electron chi connectivity index (χ1n) is 5.16. The fourth-order valence-corrected chi connectivity index (χ4v) is 2.46. The summed E-state index contributed by atoms with van der Waals surface area (Å²) in [6.07, 6.45) is 4.47. The first-order valence-corrected chi connectivity index (χ1v) is 7.09. The van der Waals surface area contributed by atoms with E-state index in [1.54, 1.807) is 0 Å². The monoisotopic (exact) mass is 241 g/mol. The molecule has 1 heterocycles. The third-order valence-electron chi connectivity index (χ3n) is 2.14. The average molecular weight is 241 g/mol. The molecule has 3 nitrogen and oxygen atoms in total. The lowest BCUT2D eigenvalue weighted by atomic mass is 10.4. The molecule has 0 radical (unpaired) electrons. The molecule has 0 aliphatic heterocycles. The van der Waals surface area contributed by atoms with Crippen molar-refractivity contribution in [2.45, 2.75) is 18.8 Å². The van der Waals surface area contributed by atoms with Crippen molar-refractivity contribution in [3.63, 3.8) is 0 Å². The molecule has 5 heteroatoms. The van der Waals surface area contributed by atoms with Crippen LogP contribution in [-0.4, -0.2) is 27.4 Å². The number of rotatable bonds is 7. The molecule has 82 valence electrons. The maximum atomic E-state index is 4.46. The maximum Gasteiger partial charge on any atom is 0.202 e. The van der Waals surface area contributed by atoms with Crippen LogP contribution < -0.4 is 5.32 Å². The zero-order chi connectivity index (χ0) is 10.5. The molecule has 1 aromatic heterocycles. The lowest BCUT2D eigenvalue weighted by Gasteiger charge is -1.99. The zero-order valence-electron chi connectivity index (χ0n) is 8.61. The summed E-state index contributed by atoms with van der Waals surface area (Å²) in [5, 5.41) is 4.26. The van der Waals surface area contributed by atoms with E-state index in [-0.39, 0.29) is 0 Å². The van der Waals surface area contributed by atoms with E-state index in [9.17, 15) is 0 Å². The van der Waals surface area contributed by atoms with E-state index in [0.717, 1.165) is 29.0 Å². The molecule has 1 saturated carbocycles. The molecule has 0 amide bonds. The van der Waals surface area contributed by atoms with Crippen LogP contribution in [0.25, 0.3) is 0 Å². The van der Waals surface area contributed by atoms with Gasteiger partial charge in [-0.15, -0.1) is 6.58 Å². The minimum absolute atomic E-state index is 0.659. The highest BCUT2D eigenvalue weighted by Gasteiger charge is 2.27. The Hall–Kier alpha value is -0.550. The van der Waals surface area contributed by atoms with Crippen molar-refractivity contribution in [1.82, 2.24) is 9.36 Å². The summed E-state index contributed by atoms with van der Waals surface area (Å²) in [6.45, 7) is 4.64. The van der Waals surface area contributed by atoms with Crippen LogP contribution in [-0.2, 0) is 0 Å². The van der Waals surface area contributed by atoms with Crippen LogP contribution in [0.5, 0.6) is 0 Å². The van der Waals surface area contributed by atoms with Gasteiger partial charge in [0.05, 0.1) is 0 Å². The Morgan fingerprint density at radius 3 is 3.20 bits per heavy atom. The van der Waals surface area contributed by atoms with Crippen molar-refractivity contribution in [2.24, 2.45) is 0 Å². The summed E-state index contributed by atoms with van der Waals surface area (Å²) in [5.74, 6) is 3.81. The molecule has 1 aliphatic carbocycles. The fraction of sp³-hybridized carbons (Fsp3) is 0.600. The molecular formula is C10H15N3S2. The summed E-state index contributed by atoms with van der Waals surface area (Å²) in [4.78, 5) is 4.46. The zero-order valence-corrected chi connectivity index (χ0v) is 10.2. The second-order valence-electron chi connectivity index (χ2n) is 3.52. The van der Waals surface area contributed by atoms with E-state index in [1.165, 1.54) is 24.4 Å². The first kappa shape index (κ1) is 11.0. The molecule has 0 spiro atoms. The van der Waals surface area contributed by atoms with Gasteiger partial charge in [0.15, 0.2) is 0 Å². The Balaban J connectivity index is 1.66. The third kappa shape index (κ3) is 3.50. The maximum absolute atomic E-state index is 4.46. The number of hydrogen-bond donors (Lipinski definition) is 1. The SMILES string of the molecule is C=CCSCCNc1nc(C2CC2)ns1. The first-order chi connectivity index (χ1) is 7.40. The Morgan fingerprint density at radius 2 is 2.47 bits per heavy atom. The largest absolute Gasteiger partial charge is 0.359 e. The van der Waals surface area contributed by atoms with Crippen molar-refractivity contribution in [3.8, 4) is 0 Å². The predicted molar refractivity (Wildman–Crippen MR) is 67.9 cm³/mol. The van der Waals surface area contributed by atoms with Gasteiger partial charge in [0.25, 0.3) is 0 Å². The van der Waals surface area contributed by atoms with E-state index in [1.807, 2.05) is 17.8 Å². The molecular weight excluding hydrogens is 226 g/mol. The molecule has 0 unspecified atom stereocenters. The van der Waals surface area contributed by atoms with Crippen molar-refractivity contribution >= 4 is 28.4 Å². The molecule has 0 saturated heterocycles. The van der Waals surface area contributed by atoms with Gasteiger partial charge < -0.3 is 5.32 Å². The summed E-state index contributed by atoms with van der Waals surface area (Å²) >= 11 is 3.35. The molecule has 1 aliphatic rings. The molecule has 1 N–H and O–H groups in total. The van der Waals surface area contributed by atoms with Gasteiger partial charge in [-0.2, -0.15) is 16.1 Å². The van der Waals surface area contributed by atoms with Crippen LogP contribution in [0.15, 0.2) is 12.7 Å². The van der Waals surface area contributed by atoms with Gasteiger partial charge in [-0.3, -0.25) is 0 Å². The minimum atomic E-state index is 0.659. The average Bonchev–Trinajstić information content (AvgIpc) is 2.99. The molecule has 2 rings (SSSR count). The minimum Gasteiger partial charge on any atom is -0.359 e. The van der Waals surface area contributed by atoms with Gasteiger partial charge in [0, 0.05) is 35.5 Å². The van der Waals surface area contributed by atoms with Crippen LogP contribution >= 0.6 is 23.3 Å². The predicted octanol–water partition coefficient (Wildman–Crippen LogP) is 2.75. The van der Waals surface area contributed by atoms with Crippen LogP contribution in [0, 0.1) is 0 Å². The topological polar surface area (TPSA) is 37.8 Å². The van der Waals surface area contributed by atoms with Crippen LogP contribution in [0.2, 0.25) is 0 Å². The van der Waals surface area contributed by atoms with E-state index in [0.29, 0.717) is 5.92 Å². The van der Waals surface area contributed by atoms with Crippen molar-refractivity contribution in [2.75, 3.05) is 23.4 Å². The van der Waals surface area contributed by atoms with Crippen LogP contribution in [0.1, 0.15) is 24.6 Å². The van der Waals surface area contributed by atoms with E-state index in [2.05, 4.69) is 21.3 Å². The molecule has 0 bridgehead atoms. The summed E-state index contributed by atoms with van der Waals surface area (Å²) in [7, 11) is 0. The second kappa shape index (κ2) is 5.51. The highest BCUT2D eigenvalue weighted by atomic mass is 32.2. The number of nitrogens with zero attached hydrogens (tertiary/aromatic N) is 2. The van der Waals surface area contributed by atoms with Gasteiger partial charge >= 0.3 is 0 Å². The van der Waals surface area contributed by atoms with Gasteiger partial charge in [-0.05, 0) is 12.8 Å². The van der Waals surface area contributed by atoms with E-state index in [4.69, 9.17) is 0 Å². The second-order valence-corrected chi connectivity index (χ2v) is 5.42. The van der Waals surface area contributed by atoms with Gasteiger partial charge in [-0.1, -0.05) is 6.08 Å². The van der Waals surface area contributed by atoms with E-state index >= 15 is 0 Å². The fourth-order valence-electron chi connectivity index (χ4n) is 1.21. The highest BCUT2D eigenvalue weighted by molar-refractivity contribution is 7.99. The van der Waals surface area contributed by atoms with Crippen molar-refractivity contribution < 1.29 is 0 Å². The number of hydrogen-bond acceptors (Lipinski definition) is 5. The summed E-state index contributed by atoms with van der Waals surface area (Å²) in [5.41, 5.74) is 0. The Kier molecular flexibility index (Phi) is 4.02. The highest BCUT2D eigenvalue weighted by Crippen LogP contribution is 2.39. The Labute approximate surface area is 98.5 Å². The number of anilines is 1. The van der Waals surface area contributed by atoms with Crippen molar-refractivity contribution in [3.05, 3.63) is 18.5 Å². The molecule has 1 aromatic rings. The van der Waals surface area contributed by atoms with Gasteiger partial charge in [-0.25, -0.2) is 4.98 Å². The molecule has 15 heavy (non-hydrogen) atoms.